The van der Waals surface area contributed by atoms with Crippen LogP contribution in [0.15, 0.2) is 18.2 Å². The van der Waals surface area contributed by atoms with E-state index in [9.17, 15) is 9.18 Å². The maximum atomic E-state index is 13.3. The number of hydrogen-bond acceptors (Lipinski definition) is 4. The van der Waals surface area contributed by atoms with Gasteiger partial charge in [0.1, 0.15) is 6.61 Å². The molecule has 1 atom stereocenters. The number of hydrogen-bond donors (Lipinski definition) is 0. The van der Waals surface area contributed by atoms with E-state index in [1.165, 1.54) is 19.2 Å². The van der Waals surface area contributed by atoms with Gasteiger partial charge in [0, 0.05) is 0 Å². The molecule has 4 nitrogen and oxygen atoms in total. The summed E-state index contributed by atoms with van der Waals surface area (Å²) < 4.78 is 23.0. The molecule has 1 aromatic rings. The van der Waals surface area contributed by atoms with Crippen LogP contribution in [0, 0.1) is 23.1 Å². The lowest BCUT2D eigenvalue weighted by Gasteiger charge is -2.07. The predicted molar refractivity (Wildman–Crippen MR) is 62.1 cm³/mol. The average Bonchev–Trinajstić information content (AvgIpc) is 2.36. The molecule has 0 bridgehead atoms. The molecule has 96 valence electrons. The highest BCUT2D eigenvalue weighted by molar-refractivity contribution is 5.70. The van der Waals surface area contributed by atoms with Gasteiger partial charge >= 0.3 is 5.97 Å². The summed E-state index contributed by atoms with van der Waals surface area (Å²) >= 11 is 0. The van der Waals surface area contributed by atoms with Crippen LogP contribution in [-0.2, 0) is 16.1 Å². The van der Waals surface area contributed by atoms with Crippen molar-refractivity contribution in [1.82, 2.24) is 0 Å². The molecule has 1 rings (SSSR count). The number of nitriles is 1. The minimum absolute atomic E-state index is 0.0160. The van der Waals surface area contributed by atoms with Crippen LogP contribution in [0.25, 0.3) is 0 Å². The van der Waals surface area contributed by atoms with Crippen molar-refractivity contribution in [1.29, 1.82) is 5.26 Å². The number of carbonyl (C=O) groups excluding carboxylic acids is 1. The van der Waals surface area contributed by atoms with Crippen molar-refractivity contribution < 1.29 is 18.7 Å². The number of nitrogens with zero attached hydrogens (tertiary/aromatic N) is 1. The van der Waals surface area contributed by atoms with Gasteiger partial charge in [0.05, 0.1) is 25.5 Å². The second kappa shape index (κ2) is 6.60. The minimum atomic E-state index is -0.503. The molecule has 1 aromatic carbocycles. The first-order chi connectivity index (χ1) is 8.56. The monoisotopic (exact) mass is 251 g/mol. The number of methoxy groups -OCH3 is 1. The van der Waals surface area contributed by atoms with Crippen molar-refractivity contribution in [2.75, 3.05) is 7.11 Å². The van der Waals surface area contributed by atoms with Gasteiger partial charge in [-0.25, -0.2) is 4.39 Å². The van der Waals surface area contributed by atoms with Crippen LogP contribution in [0.2, 0.25) is 0 Å². The lowest BCUT2D eigenvalue weighted by molar-refractivity contribution is -0.145. The van der Waals surface area contributed by atoms with Crippen molar-refractivity contribution >= 4 is 5.97 Å². The van der Waals surface area contributed by atoms with Crippen LogP contribution < -0.4 is 4.74 Å². The van der Waals surface area contributed by atoms with E-state index < -0.39 is 11.8 Å². The maximum absolute atomic E-state index is 13.3. The standard InChI is InChI=1S/C13H14FNO3/c1-9(7-15)5-13(16)18-8-10-3-4-12(17-2)11(14)6-10/h3-4,6,9H,5,8H2,1-2H3. The van der Waals surface area contributed by atoms with E-state index in [-0.39, 0.29) is 24.7 Å². The second-order valence-electron chi connectivity index (χ2n) is 3.86. The zero-order valence-corrected chi connectivity index (χ0v) is 10.3. The van der Waals surface area contributed by atoms with E-state index in [4.69, 9.17) is 14.7 Å². The van der Waals surface area contributed by atoms with Gasteiger partial charge in [-0.15, -0.1) is 0 Å². The molecule has 0 aromatic heterocycles. The summed E-state index contributed by atoms with van der Waals surface area (Å²) in [4.78, 5) is 11.3. The van der Waals surface area contributed by atoms with Gasteiger partial charge in [-0.1, -0.05) is 6.07 Å². The summed E-state index contributed by atoms with van der Waals surface area (Å²) in [5, 5.41) is 8.54. The first kappa shape index (κ1) is 14.0. The number of carbonyl (C=O) groups is 1. The highest BCUT2D eigenvalue weighted by atomic mass is 19.1. The van der Waals surface area contributed by atoms with Gasteiger partial charge in [-0.3, -0.25) is 4.79 Å². The normalized spacial score (nSPS) is 11.4. The first-order valence-electron chi connectivity index (χ1n) is 5.44. The van der Waals surface area contributed by atoms with E-state index in [1.807, 2.05) is 6.07 Å². The summed E-state index contributed by atoms with van der Waals surface area (Å²) in [6, 6.07) is 6.27. The Morgan fingerprint density at radius 3 is 2.83 bits per heavy atom. The fraction of sp³-hybridized carbons (Fsp3) is 0.385. The van der Waals surface area contributed by atoms with Gasteiger partial charge in [-0.05, 0) is 24.6 Å². The zero-order valence-electron chi connectivity index (χ0n) is 10.3. The zero-order chi connectivity index (χ0) is 13.5. The molecule has 0 spiro atoms. The van der Waals surface area contributed by atoms with Crippen molar-refractivity contribution in [2.45, 2.75) is 20.0 Å². The summed E-state index contributed by atoms with van der Waals surface area (Å²) in [6.07, 6.45) is 0.0368. The molecular formula is C13H14FNO3. The Kier molecular flexibility index (Phi) is 5.12. The van der Waals surface area contributed by atoms with Gasteiger partial charge < -0.3 is 9.47 Å². The third-order valence-corrected chi connectivity index (χ3v) is 2.31. The second-order valence-corrected chi connectivity index (χ2v) is 3.86. The van der Waals surface area contributed by atoms with Crippen LogP contribution in [-0.4, -0.2) is 13.1 Å². The van der Waals surface area contributed by atoms with E-state index in [0.29, 0.717) is 5.56 Å². The Bertz CT molecular complexity index is 468. The van der Waals surface area contributed by atoms with Crippen LogP contribution in [0.4, 0.5) is 4.39 Å². The Morgan fingerprint density at radius 1 is 1.56 bits per heavy atom. The third kappa shape index (κ3) is 4.06. The minimum Gasteiger partial charge on any atom is -0.494 e. The van der Waals surface area contributed by atoms with Crippen molar-refractivity contribution in [3.63, 3.8) is 0 Å². The van der Waals surface area contributed by atoms with E-state index in [1.54, 1.807) is 13.0 Å². The Morgan fingerprint density at radius 2 is 2.28 bits per heavy atom. The summed E-state index contributed by atoms with van der Waals surface area (Å²) in [6.45, 7) is 1.62. The molecule has 5 heteroatoms. The molecule has 0 saturated carbocycles. The molecule has 0 saturated heterocycles. The predicted octanol–water partition coefficient (Wildman–Crippen LogP) is 2.43. The van der Waals surface area contributed by atoms with Gasteiger partial charge in [0.25, 0.3) is 0 Å². The van der Waals surface area contributed by atoms with Gasteiger partial charge in [-0.2, -0.15) is 5.26 Å². The van der Waals surface area contributed by atoms with Crippen LogP contribution in [0.3, 0.4) is 0 Å². The molecule has 0 heterocycles. The van der Waals surface area contributed by atoms with Crippen molar-refractivity contribution in [3.05, 3.63) is 29.6 Å². The number of benzene rings is 1. The molecular weight excluding hydrogens is 237 g/mol. The Labute approximate surface area is 105 Å². The first-order valence-corrected chi connectivity index (χ1v) is 5.44. The van der Waals surface area contributed by atoms with E-state index in [0.717, 1.165) is 0 Å². The Hall–Kier alpha value is -2.09. The summed E-state index contributed by atoms with van der Waals surface area (Å²) in [5.74, 6) is -1.22. The number of halogens is 1. The molecule has 0 fully saturated rings. The Balaban J connectivity index is 2.51. The maximum Gasteiger partial charge on any atom is 0.307 e. The highest BCUT2D eigenvalue weighted by Gasteiger charge is 2.10. The smallest absolute Gasteiger partial charge is 0.307 e. The average molecular weight is 251 g/mol. The summed E-state index contributed by atoms with van der Waals surface area (Å²) in [5.41, 5.74) is 0.534. The topological polar surface area (TPSA) is 59.3 Å². The quantitative estimate of drug-likeness (QED) is 0.754. The van der Waals surface area contributed by atoms with Gasteiger partial charge in [0.15, 0.2) is 11.6 Å². The number of esters is 1. The van der Waals surface area contributed by atoms with Crippen LogP contribution in [0.5, 0.6) is 5.75 Å². The highest BCUT2D eigenvalue weighted by Crippen LogP contribution is 2.18. The molecule has 0 amide bonds. The fourth-order valence-corrected chi connectivity index (χ4v) is 1.32. The molecule has 0 aliphatic heterocycles. The lowest BCUT2D eigenvalue weighted by Crippen LogP contribution is -2.08. The molecule has 0 N–H and O–H groups in total. The van der Waals surface area contributed by atoms with Crippen molar-refractivity contribution in [3.8, 4) is 11.8 Å². The number of ether oxygens (including phenoxy) is 2. The number of rotatable bonds is 5. The van der Waals surface area contributed by atoms with Crippen molar-refractivity contribution in [2.24, 2.45) is 5.92 Å². The van der Waals surface area contributed by atoms with Crippen LogP contribution >= 0.6 is 0 Å². The fourth-order valence-electron chi connectivity index (χ4n) is 1.32. The molecule has 0 aliphatic rings. The molecule has 0 aliphatic carbocycles. The largest absolute Gasteiger partial charge is 0.494 e. The third-order valence-electron chi connectivity index (χ3n) is 2.31. The molecule has 1 unspecified atom stereocenters. The van der Waals surface area contributed by atoms with Crippen LogP contribution in [0.1, 0.15) is 18.9 Å². The van der Waals surface area contributed by atoms with E-state index >= 15 is 0 Å². The van der Waals surface area contributed by atoms with Gasteiger partial charge in [0.2, 0.25) is 0 Å². The van der Waals surface area contributed by atoms with E-state index in [2.05, 4.69) is 0 Å². The lowest BCUT2D eigenvalue weighted by atomic mass is 10.1. The molecule has 18 heavy (non-hydrogen) atoms. The SMILES string of the molecule is COc1ccc(COC(=O)CC(C)C#N)cc1F. The summed E-state index contributed by atoms with van der Waals surface area (Å²) in [7, 11) is 1.38. The molecule has 0 radical (unpaired) electrons.